The van der Waals surface area contributed by atoms with Crippen LogP contribution in [0.2, 0.25) is 0 Å². The molecule has 128 valence electrons. The molecule has 0 radical (unpaired) electrons. The molecule has 0 aliphatic heterocycles. The van der Waals surface area contributed by atoms with Crippen molar-refractivity contribution in [2.75, 3.05) is 10.6 Å². The number of rotatable bonds is 5. The normalized spacial score (nSPS) is 10.0. The van der Waals surface area contributed by atoms with E-state index in [1.54, 1.807) is 48.5 Å². The Kier molecular flexibility index (Phi) is 5.15. The third-order valence-electron chi connectivity index (χ3n) is 3.47. The topological polar surface area (TPSA) is 90.7 Å². The molecule has 1 amide bonds. The highest BCUT2D eigenvalue weighted by Gasteiger charge is 2.07. The summed E-state index contributed by atoms with van der Waals surface area (Å²) in [5.41, 5.74) is 1.91. The van der Waals surface area contributed by atoms with Crippen LogP contribution in [0.5, 0.6) is 0 Å². The Bertz CT molecular complexity index is 949. The molecule has 1 aromatic heterocycles. The van der Waals surface area contributed by atoms with E-state index < -0.39 is 0 Å². The summed E-state index contributed by atoms with van der Waals surface area (Å²) in [6.45, 7) is 0. The van der Waals surface area contributed by atoms with Crippen LogP contribution in [0.1, 0.15) is 11.1 Å². The maximum Gasteiger partial charge on any atom is 0.229 e. The van der Waals surface area contributed by atoms with E-state index in [9.17, 15) is 9.18 Å². The van der Waals surface area contributed by atoms with E-state index in [2.05, 4.69) is 20.8 Å². The second-order valence-electron chi connectivity index (χ2n) is 5.47. The van der Waals surface area contributed by atoms with Crippen LogP contribution in [0.25, 0.3) is 0 Å². The quantitative estimate of drug-likeness (QED) is 0.738. The molecule has 3 aromatic rings. The number of aromatic nitrogens is 2. The minimum absolute atomic E-state index is 0.0463. The second kappa shape index (κ2) is 7.85. The summed E-state index contributed by atoms with van der Waals surface area (Å²) in [4.78, 5) is 12.0. The first-order chi connectivity index (χ1) is 12.6. The number of nitrogens with one attached hydrogen (secondary N) is 2. The molecule has 26 heavy (non-hydrogen) atoms. The van der Waals surface area contributed by atoms with E-state index >= 15 is 0 Å². The number of hydrogen-bond acceptors (Lipinski definition) is 5. The first kappa shape index (κ1) is 17.0. The Morgan fingerprint density at radius 1 is 1.04 bits per heavy atom. The van der Waals surface area contributed by atoms with Gasteiger partial charge in [-0.05, 0) is 54.1 Å². The van der Waals surface area contributed by atoms with Gasteiger partial charge in [0.05, 0.1) is 18.1 Å². The number of halogens is 1. The molecule has 0 fully saturated rings. The van der Waals surface area contributed by atoms with Gasteiger partial charge in [0, 0.05) is 5.69 Å². The highest BCUT2D eigenvalue weighted by atomic mass is 19.1. The molecule has 1 heterocycles. The lowest BCUT2D eigenvalue weighted by molar-refractivity contribution is -0.115. The highest BCUT2D eigenvalue weighted by Crippen LogP contribution is 2.15. The average molecular weight is 347 g/mol. The van der Waals surface area contributed by atoms with Gasteiger partial charge in [-0.2, -0.15) is 5.26 Å². The van der Waals surface area contributed by atoms with Crippen molar-refractivity contribution in [2.45, 2.75) is 6.42 Å². The third-order valence-corrected chi connectivity index (χ3v) is 3.47. The second-order valence-corrected chi connectivity index (χ2v) is 5.47. The van der Waals surface area contributed by atoms with Gasteiger partial charge in [-0.15, -0.1) is 10.2 Å². The van der Waals surface area contributed by atoms with Crippen molar-refractivity contribution < 1.29 is 9.18 Å². The molecule has 0 saturated carbocycles. The zero-order chi connectivity index (χ0) is 18.4. The summed E-state index contributed by atoms with van der Waals surface area (Å²) >= 11 is 0. The Morgan fingerprint density at radius 2 is 1.77 bits per heavy atom. The minimum Gasteiger partial charge on any atom is -0.339 e. The predicted octanol–water partition coefficient (Wildman–Crippen LogP) is 3.41. The van der Waals surface area contributed by atoms with Crippen LogP contribution < -0.4 is 10.6 Å². The molecule has 3 rings (SSSR count). The van der Waals surface area contributed by atoms with Crippen molar-refractivity contribution in [1.29, 1.82) is 5.26 Å². The molecular weight excluding hydrogens is 333 g/mol. The van der Waals surface area contributed by atoms with Crippen molar-refractivity contribution in [3.8, 4) is 6.07 Å². The van der Waals surface area contributed by atoms with Crippen molar-refractivity contribution in [1.82, 2.24) is 10.2 Å². The number of amides is 1. The summed E-state index contributed by atoms with van der Waals surface area (Å²) in [6.07, 6.45) is 0.0463. The molecule has 7 heteroatoms. The molecule has 0 unspecified atom stereocenters. The number of hydrogen-bond donors (Lipinski definition) is 2. The molecule has 0 spiro atoms. The summed E-state index contributed by atoms with van der Waals surface area (Å²) < 4.78 is 13.1. The molecule has 0 atom stereocenters. The zero-order valence-electron chi connectivity index (χ0n) is 13.6. The Balaban J connectivity index is 1.58. The summed E-state index contributed by atoms with van der Waals surface area (Å²) in [5.74, 6) is 0.112. The fourth-order valence-corrected chi connectivity index (χ4v) is 2.26. The zero-order valence-corrected chi connectivity index (χ0v) is 13.6. The van der Waals surface area contributed by atoms with Crippen LogP contribution in [-0.4, -0.2) is 16.1 Å². The van der Waals surface area contributed by atoms with Crippen LogP contribution in [-0.2, 0) is 11.2 Å². The van der Waals surface area contributed by atoms with Crippen molar-refractivity contribution in [3.63, 3.8) is 0 Å². The van der Waals surface area contributed by atoms with Crippen LogP contribution in [0, 0.1) is 17.1 Å². The van der Waals surface area contributed by atoms with Gasteiger partial charge in [0.25, 0.3) is 0 Å². The molecular formula is C19H14FN5O. The van der Waals surface area contributed by atoms with Crippen LogP contribution in [0.4, 0.5) is 21.7 Å². The molecule has 0 aliphatic carbocycles. The lowest BCUT2D eigenvalue weighted by atomic mass is 10.1. The van der Waals surface area contributed by atoms with E-state index in [1.807, 2.05) is 6.07 Å². The van der Waals surface area contributed by atoms with E-state index in [4.69, 9.17) is 5.26 Å². The Labute approximate surface area is 149 Å². The number of carbonyl (C=O) groups is 1. The first-order valence-corrected chi connectivity index (χ1v) is 7.77. The van der Waals surface area contributed by atoms with Crippen LogP contribution >= 0.6 is 0 Å². The maximum absolute atomic E-state index is 13.1. The molecule has 0 saturated heterocycles. The van der Waals surface area contributed by atoms with Gasteiger partial charge in [0.1, 0.15) is 5.82 Å². The largest absolute Gasteiger partial charge is 0.339 e. The predicted molar refractivity (Wildman–Crippen MR) is 95.2 cm³/mol. The van der Waals surface area contributed by atoms with Gasteiger partial charge >= 0.3 is 0 Å². The fraction of sp³-hybridized carbons (Fsp3) is 0.0526. The summed E-state index contributed by atoms with van der Waals surface area (Å²) in [5, 5.41) is 22.4. The summed E-state index contributed by atoms with van der Waals surface area (Å²) in [6, 6.07) is 18.1. The van der Waals surface area contributed by atoms with E-state index in [0.29, 0.717) is 22.8 Å². The summed E-state index contributed by atoms with van der Waals surface area (Å²) in [7, 11) is 0. The smallest absolute Gasteiger partial charge is 0.229 e. The standard InChI is InChI=1S/C19H14FN5O/c20-15-3-1-2-14(10-15)11-19(26)23-18-9-8-17(24-25-18)22-16-6-4-13(12-21)5-7-16/h1-10H,11H2,(H,22,24)(H,23,25,26). The van der Waals surface area contributed by atoms with Gasteiger partial charge < -0.3 is 10.6 Å². The third kappa shape index (κ3) is 4.61. The monoisotopic (exact) mass is 347 g/mol. The minimum atomic E-state index is -0.381. The van der Waals surface area contributed by atoms with E-state index in [-0.39, 0.29) is 18.1 Å². The molecule has 2 N–H and O–H groups in total. The van der Waals surface area contributed by atoms with Gasteiger partial charge in [-0.25, -0.2) is 4.39 Å². The number of anilines is 3. The van der Waals surface area contributed by atoms with E-state index in [1.165, 1.54) is 12.1 Å². The number of nitriles is 1. The Morgan fingerprint density at radius 3 is 2.42 bits per heavy atom. The van der Waals surface area contributed by atoms with Gasteiger partial charge in [0.15, 0.2) is 11.6 Å². The van der Waals surface area contributed by atoms with Gasteiger partial charge in [-0.1, -0.05) is 12.1 Å². The number of carbonyl (C=O) groups excluding carboxylic acids is 1. The molecule has 6 nitrogen and oxygen atoms in total. The van der Waals surface area contributed by atoms with Crippen LogP contribution in [0.3, 0.4) is 0 Å². The van der Waals surface area contributed by atoms with Gasteiger partial charge in [-0.3, -0.25) is 4.79 Å². The molecule has 0 aliphatic rings. The lowest BCUT2D eigenvalue weighted by Crippen LogP contribution is -2.15. The number of benzene rings is 2. The number of nitrogens with zero attached hydrogens (tertiary/aromatic N) is 3. The first-order valence-electron chi connectivity index (χ1n) is 7.77. The maximum atomic E-state index is 13.1. The van der Waals surface area contributed by atoms with Gasteiger partial charge in [0.2, 0.25) is 5.91 Å². The fourth-order valence-electron chi connectivity index (χ4n) is 2.26. The average Bonchev–Trinajstić information content (AvgIpc) is 2.64. The van der Waals surface area contributed by atoms with Crippen molar-refractivity contribution >= 4 is 23.2 Å². The van der Waals surface area contributed by atoms with Crippen molar-refractivity contribution in [2.24, 2.45) is 0 Å². The molecule has 0 bridgehead atoms. The lowest BCUT2D eigenvalue weighted by Gasteiger charge is -2.07. The van der Waals surface area contributed by atoms with Crippen LogP contribution in [0.15, 0.2) is 60.7 Å². The van der Waals surface area contributed by atoms with Crippen molar-refractivity contribution in [3.05, 3.63) is 77.6 Å². The highest BCUT2D eigenvalue weighted by molar-refractivity contribution is 5.91. The Hall–Kier alpha value is -3.79. The SMILES string of the molecule is N#Cc1ccc(Nc2ccc(NC(=O)Cc3cccc(F)c3)nn2)cc1. The molecule has 2 aromatic carbocycles. The van der Waals surface area contributed by atoms with E-state index in [0.717, 1.165) is 5.69 Å².